The molecule has 0 aliphatic rings. The zero-order valence-corrected chi connectivity index (χ0v) is 11.5. The second-order valence-corrected chi connectivity index (χ2v) is 5.06. The van der Waals surface area contributed by atoms with Crippen molar-refractivity contribution in [2.45, 2.75) is 26.3 Å². The first-order valence-corrected chi connectivity index (χ1v) is 6.94. The first-order valence-electron chi connectivity index (χ1n) is 6.94. The minimum atomic E-state index is 0.367. The van der Waals surface area contributed by atoms with Crippen LogP contribution in [0.25, 0.3) is 10.9 Å². The lowest BCUT2D eigenvalue weighted by Crippen LogP contribution is -2.04. The summed E-state index contributed by atoms with van der Waals surface area (Å²) in [4.78, 5) is 0. The van der Waals surface area contributed by atoms with Gasteiger partial charge in [0.2, 0.25) is 0 Å². The van der Waals surface area contributed by atoms with E-state index in [4.69, 9.17) is 0 Å². The first-order chi connectivity index (χ1) is 9.29. The van der Waals surface area contributed by atoms with Crippen molar-refractivity contribution in [2.75, 3.05) is 0 Å². The number of aryl methyl sites for hydroxylation is 1. The molecule has 0 aliphatic carbocycles. The fraction of sp³-hybridized carbons (Fsp3) is 0.222. The molecule has 1 heterocycles. The molecule has 0 radical (unpaired) electrons. The van der Waals surface area contributed by atoms with Crippen LogP contribution in [0.15, 0.2) is 60.8 Å². The maximum Gasteiger partial charge on any atom is 0.0557 e. The van der Waals surface area contributed by atoms with Gasteiger partial charge in [-0.05, 0) is 48.1 Å². The lowest BCUT2D eigenvalue weighted by Gasteiger charge is -2.16. The highest BCUT2D eigenvalue weighted by Gasteiger charge is 2.10. The number of hydrogen-bond acceptors (Lipinski definition) is 0. The zero-order valence-electron chi connectivity index (χ0n) is 11.5. The van der Waals surface area contributed by atoms with Gasteiger partial charge in [-0.1, -0.05) is 43.3 Å². The molecular weight excluding hydrogens is 230 g/mol. The van der Waals surface area contributed by atoms with Gasteiger partial charge in [0.1, 0.15) is 0 Å². The Morgan fingerprint density at radius 3 is 2.53 bits per heavy atom. The Labute approximate surface area is 114 Å². The zero-order chi connectivity index (χ0) is 13.2. The van der Waals surface area contributed by atoms with Gasteiger partial charge < -0.3 is 4.57 Å². The van der Waals surface area contributed by atoms with Gasteiger partial charge in [-0.15, -0.1) is 0 Å². The molecule has 1 unspecified atom stereocenters. The van der Waals surface area contributed by atoms with Crippen molar-refractivity contribution in [1.82, 2.24) is 4.57 Å². The summed E-state index contributed by atoms with van der Waals surface area (Å²) in [5.74, 6) is 0. The Morgan fingerprint density at radius 1 is 1.00 bits per heavy atom. The van der Waals surface area contributed by atoms with Gasteiger partial charge in [0, 0.05) is 11.7 Å². The van der Waals surface area contributed by atoms with Crippen LogP contribution in [0, 0.1) is 0 Å². The molecule has 1 nitrogen and oxygen atoms in total. The van der Waals surface area contributed by atoms with Gasteiger partial charge >= 0.3 is 0 Å². The maximum atomic E-state index is 2.35. The van der Waals surface area contributed by atoms with Gasteiger partial charge in [-0.25, -0.2) is 0 Å². The van der Waals surface area contributed by atoms with Crippen LogP contribution in [0.2, 0.25) is 0 Å². The molecule has 2 aromatic carbocycles. The normalized spacial score (nSPS) is 12.7. The van der Waals surface area contributed by atoms with Crippen LogP contribution < -0.4 is 0 Å². The smallest absolute Gasteiger partial charge is 0.0557 e. The largest absolute Gasteiger partial charge is 0.340 e. The SMILES string of the molecule is CCc1ccc2c(ccn2C(C)c2ccccc2)c1. The lowest BCUT2D eigenvalue weighted by molar-refractivity contribution is 0.664. The Morgan fingerprint density at radius 2 is 1.79 bits per heavy atom. The molecule has 3 rings (SSSR count). The lowest BCUT2D eigenvalue weighted by atomic mass is 10.1. The third kappa shape index (κ3) is 2.17. The summed E-state index contributed by atoms with van der Waals surface area (Å²) in [7, 11) is 0. The predicted molar refractivity (Wildman–Crippen MR) is 81.6 cm³/mol. The summed E-state index contributed by atoms with van der Waals surface area (Å²) in [5.41, 5.74) is 4.06. The molecule has 1 atom stereocenters. The van der Waals surface area contributed by atoms with Crippen molar-refractivity contribution >= 4 is 10.9 Å². The van der Waals surface area contributed by atoms with E-state index in [-0.39, 0.29) is 0 Å². The molecule has 0 amide bonds. The van der Waals surface area contributed by atoms with Gasteiger partial charge in [-0.2, -0.15) is 0 Å². The van der Waals surface area contributed by atoms with Crippen molar-refractivity contribution in [2.24, 2.45) is 0 Å². The average Bonchev–Trinajstić information content (AvgIpc) is 2.90. The summed E-state index contributed by atoms with van der Waals surface area (Å²) >= 11 is 0. The Balaban J connectivity index is 2.06. The Kier molecular flexibility index (Phi) is 3.12. The van der Waals surface area contributed by atoms with Gasteiger partial charge in [0.05, 0.1) is 6.04 Å². The van der Waals surface area contributed by atoms with Crippen molar-refractivity contribution in [3.63, 3.8) is 0 Å². The highest BCUT2D eigenvalue weighted by Crippen LogP contribution is 2.25. The van der Waals surface area contributed by atoms with Crippen LogP contribution in [0.5, 0.6) is 0 Å². The van der Waals surface area contributed by atoms with E-state index in [1.165, 1.54) is 22.0 Å². The predicted octanol–water partition coefficient (Wildman–Crippen LogP) is 4.81. The fourth-order valence-corrected chi connectivity index (χ4v) is 2.66. The molecule has 0 fully saturated rings. The third-order valence-electron chi connectivity index (χ3n) is 3.89. The van der Waals surface area contributed by atoms with Crippen LogP contribution in [-0.2, 0) is 6.42 Å². The minimum absolute atomic E-state index is 0.367. The molecule has 0 spiro atoms. The molecule has 0 bridgehead atoms. The molecule has 0 saturated carbocycles. The van der Waals surface area contributed by atoms with E-state index < -0.39 is 0 Å². The third-order valence-corrected chi connectivity index (χ3v) is 3.89. The quantitative estimate of drug-likeness (QED) is 0.627. The fourth-order valence-electron chi connectivity index (χ4n) is 2.66. The van der Waals surface area contributed by atoms with E-state index in [1.807, 2.05) is 0 Å². The second-order valence-electron chi connectivity index (χ2n) is 5.06. The number of hydrogen-bond donors (Lipinski definition) is 0. The molecule has 1 aromatic heterocycles. The minimum Gasteiger partial charge on any atom is -0.340 e. The van der Waals surface area contributed by atoms with Crippen LogP contribution >= 0.6 is 0 Å². The highest BCUT2D eigenvalue weighted by molar-refractivity contribution is 5.81. The average molecular weight is 249 g/mol. The molecule has 0 aliphatic heterocycles. The van der Waals surface area contributed by atoms with E-state index in [2.05, 4.69) is 79.2 Å². The Hall–Kier alpha value is -2.02. The van der Waals surface area contributed by atoms with Crippen LogP contribution in [-0.4, -0.2) is 4.57 Å². The summed E-state index contributed by atoms with van der Waals surface area (Å²) in [6, 6.07) is 20.0. The monoisotopic (exact) mass is 249 g/mol. The van der Waals surface area contributed by atoms with Crippen LogP contribution in [0.4, 0.5) is 0 Å². The maximum absolute atomic E-state index is 2.35. The topological polar surface area (TPSA) is 4.93 Å². The summed E-state index contributed by atoms with van der Waals surface area (Å²) < 4.78 is 2.35. The highest BCUT2D eigenvalue weighted by atomic mass is 15.0. The number of aromatic nitrogens is 1. The number of benzene rings is 2. The molecule has 3 aromatic rings. The Bertz CT molecular complexity index is 679. The van der Waals surface area contributed by atoms with Gasteiger partial charge in [0.15, 0.2) is 0 Å². The van der Waals surface area contributed by atoms with Crippen molar-refractivity contribution < 1.29 is 0 Å². The van der Waals surface area contributed by atoms with E-state index in [0.29, 0.717) is 6.04 Å². The van der Waals surface area contributed by atoms with E-state index in [9.17, 15) is 0 Å². The van der Waals surface area contributed by atoms with Crippen LogP contribution in [0.3, 0.4) is 0 Å². The molecule has 96 valence electrons. The van der Waals surface area contributed by atoms with Gasteiger partial charge in [0.25, 0.3) is 0 Å². The number of nitrogens with zero attached hydrogens (tertiary/aromatic N) is 1. The number of rotatable bonds is 3. The summed E-state index contributed by atoms with van der Waals surface area (Å²) in [5, 5.41) is 1.34. The molecule has 19 heavy (non-hydrogen) atoms. The van der Waals surface area contributed by atoms with Crippen LogP contribution in [0.1, 0.15) is 31.0 Å². The van der Waals surface area contributed by atoms with Crippen molar-refractivity contribution in [3.8, 4) is 0 Å². The summed E-state index contributed by atoms with van der Waals surface area (Å²) in [6.07, 6.45) is 3.29. The van der Waals surface area contributed by atoms with E-state index in [1.54, 1.807) is 0 Å². The van der Waals surface area contributed by atoms with E-state index in [0.717, 1.165) is 6.42 Å². The standard InChI is InChI=1S/C18H19N/c1-3-15-9-10-18-17(13-15)11-12-19(18)14(2)16-7-5-4-6-8-16/h4-14H,3H2,1-2H3. The van der Waals surface area contributed by atoms with Crippen molar-refractivity contribution in [1.29, 1.82) is 0 Å². The molecule has 1 heteroatoms. The first kappa shape index (κ1) is 12.0. The van der Waals surface area contributed by atoms with Crippen molar-refractivity contribution in [3.05, 3.63) is 71.9 Å². The van der Waals surface area contributed by atoms with Gasteiger partial charge in [-0.3, -0.25) is 0 Å². The number of fused-ring (bicyclic) bond motifs is 1. The second kappa shape index (κ2) is 4.93. The molecule has 0 saturated heterocycles. The summed E-state index contributed by atoms with van der Waals surface area (Å²) in [6.45, 7) is 4.45. The molecular formula is C18H19N. The molecule has 0 N–H and O–H groups in total. The van der Waals surface area contributed by atoms with E-state index >= 15 is 0 Å².